The van der Waals surface area contributed by atoms with Crippen molar-refractivity contribution in [3.05, 3.63) is 0 Å². The monoisotopic (exact) mass is 596 g/mol. The molecule has 236 valence electrons. The van der Waals surface area contributed by atoms with Gasteiger partial charge >= 0.3 is 0 Å². The number of hydrogen-bond acceptors (Lipinski definition) is 15. The molecule has 0 aromatic rings. The van der Waals surface area contributed by atoms with Gasteiger partial charge in [0, 0.05) is 13.0 Å². The Balaban J connectivity index is 2.12. The van der Waals surface area contributed by atoms with Gasteiger partial charge in [0.1, 0.15) is 36.6 Å². The molecular formula is C21H39F3N4O12. The first kappa shape index (κ1) is 34.9. The second kappa shape index (κ2) is 17.0. The van der Waals surface area contributed by atoms with Gasteiger partial charge in [-0.2, -0.15) is 16.6 Å². The number of aliphatic hydroxyl groups is 7. The van der Waals surface area contributed by atoms with E-state index in [4.69, 9.17) is 18.9 Å². The molecular weight excluding hydrogens is 557 g/mol. The van der Waals surface area contributed by atoms with Crippen molar-refractivity contribution in [1.82, 2.24) is 21.9 Å². The highest BCUT2D eigenvalue weighted by molar-refractivity contribution is 5.80. The molecule has 1 amide bonds. The van der Waals surface area contributed by atoms with Gasteiger partial charge in [0.05, 0.1) is 37.4 Å². The fourth-order valence-electron chi connectivity index (χ4n) is 4.24. The number of halogens is 3. The molecule has 0 saturated carbocycles. The highest BCUT2D eigenvalue weighted by Gasteiger charge is 2.45. The number of carbonyl (C=O) groups excluding carboxylic acids is 1. The molecule has 40 heavy (non-hydrogen) atoms. The Morgan fingerprint density at radius 2 is 1.68 bits per heavy atom. The zero-order chi connectivity index (χ0) is 30.0. The predicted octanol–water partition coefficient (Wildman–Crippen LogP) is -4.58. The number of hydrogen-bond donors (Lipinski definition) is 11. The molecule has 0 aromatic carbocycles. The third kappa shape index (κ3) is 9.63. The molecule has 0 aromatic heterocycles. The third-order valence-electron chi connectivity index (χ3n) is 6.65. The van der Waals surface area contributed by atoms with Crippen LogP contribution < -0.4 is 21.9 Å². The standard InChI is InChI=1S/C21H39F3N4O12/c1-8(37-15-5-12(31)16(32)13(38-15)6-26-23)9(28-24)4-10(27-19(35)11(30)2-3-25-22)20(36)40-21-18(34)17(33)14(7-29)39-21/h8-18,20-21,25-26,28-34,36H,2-7H2,1H3,(H,27,35). The first-order valence-electron chi connectivity index (χ1n) is 12.6. The Morgan fingerprint density at radius 1 is 0.975 bits per heavy atom. The summed E-state index contributed by atoms with van der Waals surface area (Å²) in [7, 11) is 0. The van der Waals surface area contributed by atoms with E-state index in [1.54, 1.807) is 0 Å². The zero-order valence-electron chi connectivity index (χ0n) is 21.6. The quantitative estimate of drug-likeness (QED) is 0.0559. The van der Waals surface area contributed by atoms with E-state index in [2.05, 4.69) is 5.32 Å². The highest BCUT2D eigenvalue weighted by Crippen LogP contribution is 2.26. The molecule has 0 spiro atoms. The second-order valence-electron chi connectivity index (χ2n) is 9.56. The minimum absolute atomic E-state index is 0.251. The maximum atomic E-state index is 13.9. The molecule has 16 nitrogen and oxygen atoms in total. The topological polar surface area (TPSA) is 244 Å². The Hall–Kier alpha value is -1.30. The fourth-order valence-corrected chi connectivity index (χ4v) is 4.24. The van der Waals surface area contributed by atoms with Crippen LogP contribution in [0, 0.1) is 0 Å². The van der Waals surface area contributed by atoms with Crippen LogP contribution in [0.5, 0.6) is 0 Å². The SMILES string of the molecule is CC(OC1CC(O)C(O)C(CNF)O1)C(CC(NC(=O)C(O)CCNF)C(O)OC1OC(CO)C(O)C1O)NF. The number of amides is 1. The van der Waals surface area contributed by atoms with E-state index < -0.39 is 105 Å². The van der Waals surface area contributed by atoms with Gasteiger partial charge in [-0.15, -0.1) is 13.4 Å². The maximum Gasteiger partial charge on any atom is 0.249 e. The largest absolute Gasteiger partial charge is 0.394 e. The molecule has 2 heterocycles. The predicted molar refractivity (Wildman–Crippen MR) is 124 cm³/mol. The van der Waals surface area contributed by atoms with E-state index in [0.717, 1.165) is 0 Å². The average Bonchev–Trinajstić information content (AvgIpc) is 3.19. The van der Waals surface area contributed by atoms with E-state index in [1.165, 1.54) is 23.5 Å². The first-order chi connectivity index (χ1) is 19.0. The highest BCUT2D eigenvalue weighted by atomic mass is 19.2. The van der Waals surface area contributed by atoms with Crippen molar-refractivity contribution >= 4 is 5.91 Å². The minimum atomic E-state index is -2.05. The molecule has 2 saturated heterocycles. The molecule has 0 radical (unpaired) electrons. The van der Waals surface area contributed by atoms with E-state index in [1.807, 2.05) is 0 Å². The van der Waals surface area contributed by atoms with Gasteiger partial charge in [0.25, 0.3) is 0 Å². The van der Waals surface area contributed by atoms with Crippen LogP contribution in [0.25, 0.3) is 0 Å². The smallest absolute Gasteiger partial charge is 0.249 e. The number of carbonyl (C=O) groups is 1. The van der Waals surface area contributed by atoms with E-state index in [0.29, 0.717) is 0 Å². The summed E-state index contributed by atoms with van der Waals surface area (Å²) in [5.74, 6) is -1.09. The molecule has 2 fully saturated rings. The summed E-state index contributed by atoms with van der Waals surface area (Å²) in [6.45, 7) is -0.194. The Labute approximate surface area is 227 Å². The molecule has 19 heteroatoms. The van der Waals surface area contributed by atoms with Crippen LogP contribution in [0.3, 0.4) is 0 Å². The van der Waals surface area contributed by atoms with Crippen LogP contribution in [-0.2, 0) is 23.7 Å². The molecule has 0 aliphatic carbocycles. The van der Waals surface area contributed by atoms with Crippen molar-refractivity contribution in [2.24, 2.45) is 0 Å². The first-order valence-corrected chi connectivity index (χ1v) is 12.6. The van der Waals surface area contributed by atoms with Crippen molar-refractivity contribution in [1.29, 1.82) is 0 Å². The van der Waals surface area contributed by atoms with E-state index in [9.17, 15) is 54.0 Å². The Kier molecular flexibility index (Phi) is 14.8. The van der Waals surface area contributed by atoms with Crippen molar-refractivity contribution in [2.75, 3.05) is 19.7 Å². The van der Waals surface area contributed by atoms with Gasteiger partial charge in [0.15, 0.2) is 18.9 Å². The number of nitrogens with one attached hydrogen (secondary N) is 4. The lowest BCUT2D eigenvalue weighted by atomic mass is 10.0. The van der Waals surface area contributed by atoms with Crippen molar-refractivity contribution < 1.29 is 72.9 Å². The molecule has 2 aliphatic rings. The van der Waals surface area contributed by atoms with Crippen LogP contribution in [-0.4, -0.2) is 141 Å². The van der Waals surface area contributed by atoms with Gasteiger partial charge in [-0.25, -0.2) is 0 Å². The van der Waals surface area contributed by atoms with Crippen LogP contribution in [0.15, 0.2) is 0 Å². The van der Waals surface area contributed by atoms with Crippen molar-refractivity contribution in [2.45, 2.75) is 106 Å². The van der Waals surface area contributed by atoms with E-state index >= 15 is 0 Å². The second-order valence-corrected chi connectivity index (χ2v) is 9.56. The lowest BCUT2D eigenvalue weighted by Crippen LogP contribution is -2.55. The van der Waals surface area contributed by atoms with Crippen molar-refractivity contribution in [3.8, 4) is 0 Å². The molecule has 11 N–H and O–H groups in total. The zero-order valence-corrected chi connectivity index (χ0v) is 21.6. The van der Waals surface area contributed by atoms with Gasteiger partial charge in [-0.1, -0.05) is 0 Å². The Morgan fingerprint density at radius 3 is 2.25 bits per heavy atom. The third-order valence-corrected chi connectivity index (χ3v) is 6.65. The maximum absolute atomic E-state index is 13.9. The van der Waals surface area contributed by atoms with E-state index in [-0.39, 0.29) is 19.4 Å². The summed E-state index contributed by atoms with van der Waals surface area (Å²) >= 11 is 0. The van der Waals surface area contributed by atoms with Crippen LogP contribution in [0.2, 0.25) is 0 Å². The molecule has 13 atom stereocenters. The summed E-state index contributed by atoms with van der Waals surface area (Å²) < 4.78 is 60.1. The summed E-state index contributed by atoms with van der Waals surface area (Å²) in [4.78, 5) is 12.5. The normalized spacial score (nSPS) is 34.7. The van der Waals surface area contributed by atoms with Crippen LogP contribution in [0.1, 0.15) is 26.2 Å². The number of ether oxygens (including phenoxy) is 4. The summed E-state index contributed by atoms with van der Waals surface area (Å²) in [6, 6.07) is -2.88. The van der Waals surface area contributed by atoms with Gasteiger partial charge in [0.2, 0.25) is 5.91 Å². The van der Waals surface area contributed by atoms with Gasteiger partial charge in [-0.05, 0) is 19.8 Å². The fraction of sp³-hybridized carbons (Fsp3) is 0.952. The van der Waals surface area contributed by atoms with Gasteiger partial charge in [-0.3, -0.25) is 4.79 Å². The molecule has 13 unspecified atom stereocenters. The number of rotatable bonds is 17. The average molecular weight is 597 g/mol. The Bertz CT molecular complexity index is 755. The van der Waals surface area contributed by atoms with Crippen LogP contribution in [0.4, 0.5) is 13.4 Å². The summed E-state index contributed by atoms with van der Waals surface area (Å²) in [5, 5.41) is 72.1. The van der Waals surface area contributed by atoms with Crippen LogP contribution >= 0.6 is 0 Å². The molecule has 2 rings (SSSR count). The molecule has 0 bridgehead atoms. The van der Waals surface area contributed by atoms with Gasteiger partial charge < -0.3 is 60.0 Å². The minimum Gasteiger partial charge on any atom is -0.394 e. The van der Waals surface area contributed by atoms with Crippen molar-refractivity contribution in [3.63, 3.8) is 0 Å². The lowest BCUT2D eigenvalue weighted by Gasteiger charge is -2.38. The number of aliphatic hydroxyl groups excluding tert-OH is 7. The lowest BCUT2D eigenvalue weighted by molar-refractivity contribution is -0.267. The summed E-state index contributed by atoms with van der Waals surface area (Å²) in [6.07, 6.45) is -17.4. The molecule has 2 aliphatic heterocycles. The summed E-state index contributed by atoms with van der Waals surface area (Å²) in [5.41, 5.74) is 4.00.